The van der Waals surface area contributed by atoms with E-state index in [1.54, 1.807) is 69.7 Å². The molecular weight excluding hydrogens is 746 g/mol. The lowest BCUT2D eigenvalue weighted by Gasteiger charge is -2.50. The predicted molar refractivity (Wildman–Crippen MR) is 207 cm³/mol. The summed E-state index contributed by atoms with van der Waals surface area (Å²) < 4.78 is 24.8. The number of alkyl halides is 2. The SMILES string of the molecule is COc1ccc(OC)c(C=Cc2ccc(N3C(=O)C4CC=C5C(CC6(Cl)C(=O)N(c7ccc(F)cc7)C(=O)C6(Cl)C5c5cccc(C)c5O)C4C3=O)cc2)c1. The molecule has 2 heterocycles. The molecule has 12 heteroatoms. The average molecular weight is 782 g/mol. The first kappa shape index (κ1) is 36.5. The van der Waals surface area contributed by atoms with E-state index in [0.717, 1.165) is 28.2 Å². The van der Waals surface area contributed by atoms with Gasteiger partial charge in [-0.1, -0.05) is 54.1 Å². The van der Waals surface area contributed by atoms with Crippen LogP contribution in [-0.2, 0) is 19.2 Å². The van der Waals surface area contributed by atoms with Gasteiger partial charge in [0, 0.05) is 17.0 Å². The molecule has 9 nitrogen and oxygen atoms in total. The zero-order chi connectivity index (χ0) is 39.0. The number of hydrogen-bond acceptors (Lipinski definition) is 7. The van der Waals surface area contributed by atoms with Gasteiger partial charge >= 0.3 is 0 Å². The molecule has 6 atom stereocenters. The van der Waals surface area contributed by atoms with Crippen molar-refractivity contribution in [3.05, 3.63) is 125 Å². The summed E-state index contributed by atoms with van der Waals surface area (Å²) in [5.74, 6) is -5.52. The van der Waals surface area contributed by atoms with E-state index in [1.807, 2.05) is 30.4 Å². The van der Waals surface area contributed by atoms with E-state index < -0.39 is 62.9 Å². The van der Waals surface area contributed by atoms with Gasteiger partial charge in [0.15, 0.2) is 9.75 Å². The number of imide groups is 2. The quantitative estimate of drug-likeness (QED) is 0.0882. The summed E-state index contributed by atoms with van der Waals surface area (Å²) in [4.78, 5) is 55.5. The molecule has 8 rings (SSSR count). The van der Waals surface area contributed by atoms with Crippen molar-refractivity contribution in [3.8, 4) is 17.2 Å². The maximum Gasteiger partial charge on any atom is 0.258 e. The number of halogens is 3. The number of para-hydroxylation sites is 1. The van der Waals surface area contributed by atoms with Gasteiger partial charge < -0.3 is 14.6 Å². The molecule has 280 valence electrons. The van der Waals surface area contributed by atoms with Crippen LogP contribution >= 0.6 is 23.2 Å². The van der Waals surface area contributed by atoms with Crippen molar-refractivity contribution in [2.24, 2.45) is 17.8 Å². The highest BCUT2D eigenvalue weighted by Crippen LogP contribution is 2.66. The first-order chi connectivity index (χ1) is 26.3. The molecule has 0 bridgehead atoms. The van der Waals surface area contributed by atoms with E-state index in [2.05, 4.69) is 0 Å². The zero-order valence-corrected chi connectivity index (χ0v) is 31.5. The zero-order valence-electron chi connectivity index (χ0n) is 30.0. The monoisotopic (exact) mass is 780 g/mol. The van der Waals surface area contributed by atoms with E-state index >= 15 is 0 Å². The fraction of sp³-hybridized carbons (Fsp3) is 0.256. The van der Waals surface area contributed by atoms with Crippen LogP contribution in [0.25, 0.3) is 12.2 Å². The molecule has 2 aliphatic heterocycles. The Hall–Kier alpha value is -5.45. The lowest BCUT2D eigenvalue weighted by molar-refractivity contribution is -0.125. The van der Waals surface area contributed by atoms with Crippen LogP contribution in [0, 0.1) is 30.5 Å². The number of anilines is 2. The van der Waals surface area contributed by atoms with Crippen molar-refractivity contribution in [3.63, 3.8) is 0 Å². The van der Waals surface area contributed by atoms with Crippen LogP contribution in [0.5, 0.6) is 17.2 Å². The van der Waals surface area contributed by atoms with Gasteiger partial charge in [0.25, 0.3) is 11.8 Å². The van der Waals surface area contributed by atoms with Crippen molar-refractivity contribution in [1.29, 1.82) is 0 Å². The predicted octanol–water partition coefficient (Wildman–Crippen LogP) is 7.80. The molecule has 1 N–H and O–H groups in total. The molecule has 4 aromatic rings. The Balaban J connectivity index is 1.16. The third-order valence-corrected chi connectivity index (χ3v) is 12.9. The van der Waals surface area contributed by atoms with Crippen molar-refractivity contribution in [2.75, 3.05) is 24.0 Å². The fourth-order valence-corrected chi connectivity index (χ4v) is 9.73. The standard InChI is InChI=1S/C43H35Cl2FN2O7/c1-23-5-4-6-32(37(23)49)36-30-18-19-31-35(33(30)22-42(44)40(52)48(41(53)43(36,42)45)28-15-11-26(46)12-16-28)39(51)47(38(31)50)27-13-8-24(9-14-27)7-10-25-21-29(54-2)17-20-34(25)55-3/h4-18,20-21,31,33,35-36,49H,19,22H2,1-3H3. The number of benzene rings is 4. The molecule has 0 aromatic heterocycles. The molecule has 4 aliphatic rings. The van der Waals surface area contributed by atoms with Gasteiger partial charge in [-0.2, -0.15) is 0 Å². The molecule has 0 spiro atoms. The van der Waals surface area contributed by atoms with E-state index in [9.17, 15) is 28.7 Å². The smallest absolute Gasteiger partial charge is 0.258 e. The van der Waals surface area contributed by atoms with Crippen molar-refractivity contribution < 1.29 is 38.1 Å². The lowest BCUT2D eigenvalue weighted by Crippen LogP contribution is -2.60. The number of nitrogens with zero attached hydrogens (tertiary/aromatic N) is 2. The third kappa shape index (κ3) is 5.40. The van der Waals surface area contributed by atoms with Crippen LogP contribution in [0.2, 0.25) is 0 Å². The Kier molecular flexibility index (Phi) is 8.89. The molecule has 2 aliphatic carbocycles. The highest BCUT2D eigenvalue weighted by atomic mass is 35.5. The van der Waals surface area contributed by atoms with Crippen LogP contribution in [0.15, 0.2) is 96.6 Å². The highest BCUT2D eigenvalue weighted by molar-refractivity contribution is 6.58. The molecule has 1 saturated carbocycles. The maximum absolute atomic E-state index is 14.6. The highest BCUT2D eigenvalue weighted by Gasteiger charge is 2.77. The molecule has 4 amide bonds. The Morgan fingerprint density at radius 1 is 0.818 bits per heavy atom. The average Bonchev–Trinajstić information content (AvgIpc) is 3.53. The number of ether oxygens (including phenoxy) is 2. The van der Waals surface area contributed by atoms with Gasteiger partial charge in [-0.25, -0.2) is 9.29 Å². The van der Waals surface area contributed by atoms with Gasteiger partial charge in [-0.05, 0) is 91.4 Å². The summed E-state index contributed by atoms with van der Waals surface area (Å²) in [6, 6.07) is 22.3. The topological polar surface area (TPSA) is 113 Å². The second-order valence-corrected chi connectivity index (χ2v) is 15.5. The van der Waals surface area contributed by atoms with Crippen molar-refractivity contribution in [1.82, 2.24) is 0 Å². The van der Waals surface area contributed by atoms with Crippen LogP contribution in [0.1, 0.15) is 41.0 Å². The summed E-state index contributed by atoms with van der Waals surface area (Å²) in [6.07, 6.45) is 5.49. The van der Waals surface area contributed by atoms with Crippen LogP contribution in [0.3, 0.4) is 0 Å². The Labute approximate surface area is 326 Å². The van der Waals surface area contributed by atoms with E-state index in [-0.39, 0.29) is 29.8 Å². The number of amides is 4. The number of methoxy groups -OCH3 is 2. The fourth-order valence-electron chi connectivity index (χ4n) is 8.80. The number of hydrogen-bond donors (Lipinski definition) is 1. The summed E-state index contributed by atoms with van der Waals surface area (Å²) in [5, 5.41) is 11.4. The number of aromatic hydroxyl groups is 1. The second-order valence-electron chi connectivity index (χ2n) is 14.3. The summed E-state index contributed by atoms with van der Waals surface area (Å²) in [6.45, 7) is 1.69. The third-order valence-electron chi connectivity index (χ3n) is 11.5. The number of carbonyl (C=O) groups is 4. The maximum atomic E-state index is 14.6. The molecular formula is C43H35Cl2FN2O7. The second kappa shape index (κ2) is 13.4. The number of allylic oxidation sites excluding steroid dienone is 2. The Morgan fingerprint density at radius 2 is 1.51 bits per heavy atom. The minimum atomic E-state index is -2.15. The van der Waals surface area contributed by atoms with Crippen molar-refractivity contribution >= 4 is 70.4 Å². The molecule has 6 unspecified atom stereocenters. The first-order valence-electron chi connectivity index (χ1n) is 17.7. The minimum absolute atomic E-state index is 0.0760. The van der Waals surface area contributed by atoms with Crippen LogP contribution in [0.4, 0.5) is 15.8 Å². The van der Waals surface area contributed by atoms with Gasteiger partial charge in [0.1, 0.15) is 23.1 Å². The van der Waals surface area contributed by atoms with Crippen molar-refractivity contribution in [2.45, 2.75) is 35.4 Å². The number of phenolic OH excluding ortho intramolecular Hbond substituents is 1. The number of phenols is 1. The van der Waals surface area contributed by atoms with Gasteiger partial charge in [-0.3, -0.25) is 24.1 Å². The summed E-state index contributed by atoms with van der Waals surface area (Å²) in [5.41, 5.74) is 3.38. The van der Waals surface area contributed by atoms with E-state index in [4.69, 9.17) is 32.7 Å². The molecule has 55 heavy (non-hydrogen) atoms. The number of aryl methyl sites for hydroxylation is 1. The summed E-state index contributed by atoms with van der Waals surface area (Å²) >= 11 is 14.9. The van der Waals surface area contributed by atoms with Gasteiger partial charge in [-0.15, -0.1) is 23.2 Å². The Morgan fingerprint density at radius 3 is 2.20 bits per heavy atom. The first-order valence-corrected chi connectivity index (χ1v) is 18.5. The molecule has 4 aromatic carbocycles. The van der Waals surface area contributed by atoms with Crippen LogP contribution < -0.4 is 19.3 Å². The number of carbonyl (C=O) groups excluding carboxylic acids is 4. The van der Waals surface area contributed by atoms with E-state index in [0.29, 0.717) is 28.3 Å². The summed E-state index contributed by atoms with van der Waals surface area (Å²) in [7, 11) is 3.17. The largest absolute Gasteiger partial charge is 0.507 e. The normalized spacial score (nSPS) is 27.3. The van der Waals surface area contributed by atoms with Gasteiger partial charge in [0.2, 0.25) is 11.8 Å². The van der Waals surface area contributed by atoms with Crippen LogP contribution in [-0.4, -0.2) is 52.7 Å². The minimum Gasteiger partial charge on any atom is -0.507 e. The Bertz CT molecular complexity index is 2350. The number of rotatable bonds is 7. The molecule has 3 fully saturated rings. The lowest BCUT2D eigenvalue weighted by atomic mass is 9.56. The van der Waals surface area contributed by atoms with Gasteiger partial charge in [0.05, 0.1) is 37.4 Å². The van der Waals surface area contributed by atoms with E-state index in [1.165, 1.54) is 17.0 Å². The molecule has 2 saturated heterocycles. The number of fused-ring (bicyclic) bond motifs is 4. The molecule has 0 radical (unpaired) electrons.